The number of nitrogens with two attached hydrogens (primary N) is 1. The van der Waals surface area contributed by atoms with Crippen molar-refractivity contribution in [1.29, 1.82) is 0 Å². The first-order valence-electron chi connectivity index (χ1n) is 6.39. The van der Waals surface area contributed by atoms with Crippen LogP contribution in [0.15, 0.2) is 5.38 Å². The number of thiazole rings is 1. The lowest BCUT2D eigenvalue weighted by molar-refractivity contribution is 0.0521. The molecule has 20 heavy (non-hydrogen) atoms. The lowest BCUT2D eigenvalue weighted by Crippen LogP contribution is -2.13. The van der Waals surface area contributed by atoms with Crippen molar-refractivity contribution >= 4 is 23.1 Å². The minimum absolute atomic E-state index is 0.0654. The molecule has 0 amide bonds. The minimum atomic E-state index is -0.491. The zero-order chi connectivity index (χ0) is 14.9. The maximum absolute atomic E-state index is 11.8. The number of aryl methyl sites for hydroxylation is 2. The number of carbonyl (C=O) groups excluding carboxylic acids is 1. The Morgan fingerprint density at radius 1 is 1.50 bits per heavy atom. The molecule has 0 radical (unpaired) electrons. The molecule has 0 aromatic carbocycles. The van der Waals surface area contributed by atoms with Crippen molar-refractivity contribution < 1.29 is 9.53 Å². The second kappa shape index (κ2) is 5.62. The zero-order valence-electron chi connectivity index (χ0n) is 12.0. The molecule has 7 heteroatoms. The maximum atomic E-state index is 11.8. The van der Waals surface area contributed by atoms with Crippen LogP contribution in [0.3, 0.4) is 0 Å². The summed E-state index contributed by atoms with van der Waals surface area (Å²) in [5.41, 5.74) is 7.20. The van der Waals surface area contributed by atoms with Crippen LogP contribution in [0.25, 0.3) is 0 Å². The average Bonchev–Trinajstić information content (AvgIpc) is 2.94. The second-order valence-electron chi connectivity index (χ2n) is 4.49. The number of nitrogen functional groups attached to an aromatic ring is 1. The standard InChI is InChI=1S/C13H18N4O2S/c1-5-19-13(18)10-11(14)17(9(4)16-10)8(3)12-15-7(2)6-20-12/h6,8H,5,14H2,1-4H3. The fourth-order valence-corrected chi connectivity index (χ4v) is 2.92. The second-order valence-corrected chi connectivity index (χ2v) is 5.38. The molecule has 2 aromatic rings. The van der Waals surface area contributed by atoms with Gasteiger partial charge in [0.05, 0.1) is 12.6 Å². The normalized spacial score (nSPS) is 12.4. The molecule has 0 aliphatic rings. The van der Waals surface area contributed by atoms with E-state index in [0.29, 0.717) is 18.2 Å². The summed E-state index contributed by atoms with van der Waals surface area (Å²) in [4.78, 5) is 20.5. The quantitative estimate of drug-likeness (QED) is 0.875. The van der Waals surface area contributed by atoms with E-state index in [1.165, 1.54) is 0 Å². The van der Waals surface area contributed by atoms with E-state index in [4.69, 9.17) is 10.5 Å². The highest BCUT2D eigenvalue weighted by molar-refractivity contribution is 7.09. The van der Waals surface area contributed by atoms with Gasteiger partial charge in [-0.2, -0.15) is 0 Å². The van der Waals surface area contributed by atoms with Crippen molar-refractivity contribution in [3.8, 4) is 0 Å². The van der Waals surface area contributed by atoms with Gasteiger partial charge >= 0.3 is 5.97 Å². The molecule has 0 saturated carbocycles. The largest absolute Gasteiger partial charge is 0.461 e. The molecule has 0 bridgehead atoms. The summed E-state index contributed by atoms with van der Waals surface area (Å²) in [7, 11) is 0. The number of hydrogen-bond donors (Lipinski definition) is 1. The Bertz CT molecular complexity index is 632. The van der Waals surface area contributed by atoms with E-state index < -0.39 is 5.97 Å². The molecule has 0 fully saturated rings. The molecule has 6 nitrogen and oxygen atoms in total. The number of rotatable bonds is 4. The van der Waals surface area contributed by atoms with E-state index in [1.54, 1.807) is 18.3 Å². The van der Waals surface area contributed by atoms with Gasteiger partial charge in [-0.1, -0.05) is 0 Å². The highest BCUT2D eigenvalue weighted by Crippen LogP contribution is 2.27. The van der Waals surface area contributed by atoms with E-state index in [2.05, 4.69) is 9.97 Å². The van der Waals surface area contributed by atoms with E-state index in [9.17, 15) is 4.79 Å². The molecule has 2 heterocycles. The first kappa shape index (κ1) is 14.5. The highest BCUT2D eigenvalue weighted by atomic mass is 32.1. The molecule has 1 atom stereocenters. The van der Waals surface area contributed by atoms with Crippen LogP contribution >= 0.6 is 11.3 Å². The van der Waals surface area contributed by atoms with Gasteiger partial charge in [-0.3, -0.25) is 0 Å². The van der Waals surface area contributed by atoms with E-state index in [0.717, 1.165) is 10.7 Å². The summed E-state index contributed by atoms with van der Waals surface area (Å²) < 4.78 is 6.77. The Morgan fingerprint density at radius 3 is 2.75 bits per heavy atom. The summed E-state index contributed by atoms with van der Waals surface area (Å²) in [6.45, 7) is 7.79. The first-order valence-corrected chi connectivity index (χ1v) is 7.27. The molecule has 2 rings (SSSR count). The summed E-state index contributed by atoms with van der Waals surface area (Å²) >= 11 is 1.57. The fourth-order valence-electron chi connectivity index (χ4n) is 2.07. The summed E-state index contributed by atoms with van der Waals surface area (Å²) in [5.74, 6) is 0.501. The van der Waals surface area contributed by atoms with Gasteiger partial charge in [-0.25, -0.2) is 14.8 Å². The smallest absolute Gasteiger partial charge is 0.360 e. The third-order valence-electron chi connectivity index (χ3n) is 2.97. The van der Waals surface area contributed by atoms with Crippen LogP contribution < -0.4 is 5.73 Å². The molecule has 2 aromatic heterocycles. The zero-order valence-corrected chi connectivity index (χ0v) is 12.8. The number of ether oxygens (including phenoxy) is 1. The number of hydrogen-bond acceptors (Lipinski definition) is 6. The Hall–Kier alpha value is -1.89. The molecule has 0 aliphatic heterocycles. The minimum Gasteiger partial charge on any atom is -0.461 e. The van der Waals surface area contributed by atoms with Crippen LogP contribution in [0.5, 0.6) is 0 Å². The number of carbonyl (C=O) groups is 1. The highest BCUT2D eigenvalue weighted by Gasteiger charge is 2.24. The van der Waals surface area contributed by atoms with Crippen LogP contribution in [0, 0.1) is 13.8 Å². The van der Waals surface area contributed by atoms with Gasteiger partial charge in [-0.15, -0.1) is 11.3 Å². The molecular weight excluding hydrogens is 276 g/mol. The lowest BCUT2D eigenvalue weighted by Gasteiger charge is -2.14. The first-order chi connectivity index (χ1) is 9.45. The van der Waals surface area contributed by atoms with Crippen LogP contribution in [0.4, 0.5) is 5.82 Å². The van der Waals surface area contributed by atoms with E-state index in [-0.39, 0.29) is 11.7 Å². The monoisotopic (exact) mass is 294 g/mol. The van der Waals surface area contributed by atoms with Crippen molar-refractivity contribution in [1.82, 2.24) is 14.5 Å². The molecular formula is C13H18N4O2S. The van der Waals surface area contributed by atoms with Gasteiger partial charge in [0, 0.05) is 11.1 Å². The molecule has 0 aliphatic carbocycles. The molecule has 2 N–H and O–H groups in total. The van der Waals surface area contributed by atoms with Gasteiger partial charge in [-0.05, 0) is 27.7 Å². The number of nitrogens with zero attached hydrogens (tertiary/aromatic N) is 3. The molecule has 108 valence electrons. The van der Waals surface area contributed by atoms with Crippen LogP contribution in [-0.2, 0) is 4.74 Å². The summed E-state index contributed by atoms with van der Waals surface area (Å²) in [6, 6.07) is -0.0654. The van der Waals surface area contributed by atoms with Crippen molar-refractivity contribution in [2.45, 2.75) is 33.7 Å². The van der Waals surface area contributed by atoms with E-state index in [1.807, 2.05) is 30.7 Å². The van der Waals surface area contributed by atoms with Crippen LogP contribution in [0.1, 0.15) is 46.9 Å². The molecule has 0 saturated heterocycles. The van der Waals surface area contributed by atoms with E-state index >= 15 is 0 Å². The SMILES string of the molecule is CCOC(=O)c1nc(C)n(C(C)c2nc(C)cs2)c1N. The fraction of sp³-hybridized carbons (Fsp3) is 0.462. The predicted octanol–water partition coefficient (Wildman–Crippen LogP) is 2.32. The Kier molecular flexibility index (Phi) is 4.08. The predicted molar refractivity (Wildman–Crippen MR) is 78.0 cm³/mol. The Balaban J connectivity index is 2.40. The van der Waals surface area contributed by atoms with Crippen molar-refractivity contribution in [3.63, 3.8) is 0 Å². The van der Waals surface area contributed by atoms with Gasteiger partial charge in [0.25, 0.3) is 0 Å². The molecule has 0 spiro atoms. The lowest BCUT2D eigenvalue weighted by atomic mass is 10.3. The number of imidazole rings is 1. The molecule has 1 unspecified atom stereocenters. The third kappa shape index (κ3) is 2.53. The van der Waals surface area contributed by atoms with Gasteiger partial charge in [0.1, 0.15) is 16.6 Å². The topological polar surface area (TPSA) is 83.0 Å². The Morgan fingerprint density at radius 2 is 2.20 bits per heavy atom. The van der Waals surface area contributed by atoms with Crippen molar-refractivity contribution in [2.75, 3.05) is 12.3 Å². The van der Waals surface area contributed by atoms with Gasteiger partial charge in [0.15, 0.2) is 5.69 Å². The Labute approximate surface area is 121 Å². The number of esters is 1. The number of aromatic nitrogens is 3. The third-order valence-corrected chi connectivity index (χ3v) is 4.11. The number of anilines is 1. The van der Waals surface area contributed by atoms with Crippen molar-refractivity contribution in [3.05, 3.63) is 27.6 Å². The summed E-state index contributed by atoms with van der Waals surface area (Å²) in [5, 5.41) is 2.92. The average molecular weight is 294 g/mol. The van der Waals surface area contributed by atoms with Crippen LogP contribution in [-0.4, -0.2) is 27.1 Å². The summed E-state index contributed by atoms with van der Waals surface area (Å²) in [6.07, 6.45) is 0. The van der Waals surface area contributed by atoms with Crippen LogP contribution in [0.2, 0.25) is 0 Å². The van der Waals surface area contributed by atoms with Gasteiger partial charge < -0.3 is 15.0 Å². The maximum Gasteiger partial charge on any atom is 0.360 e. The van der Waals surface area contributed by atoms with Gasteiger partial charge in [0.2, 0.25) is 0 Å². The van der Waals surface area contributed by atoms with Crippen molar-refractivity contribution in [2.24, 2.45) is 0 Å².